The standard InChI is InChI=1S/C31H18NO.C30H20N.C26H19N2.C11H20O2.2C9H16O2.3Ir/c1-2-6-24-21(5-1)13-16-28-25(24)17-18-32-31(28)22-11-9-20(10-12-22)23-14-15-27-26-7-3-4-8-29(26)33-30(27)19-23;1-20-18-25(13-14-26(20)24-11-10-21-6-2-3-8-23(21)19-24)30-29-15-12-22-7-4-5-9-27(22)28(29)16-17-31-30;1-17-10-12-22(18(2)28-17)20-7-5-8-21(16-20)26-25-13-11-19-6-3-4-9-23(19)24(25)14-15-27-26;1-10(2,3)8(12)7-9(13)11(4,5)6;2*1-6(2)8(10)5-9(11)7(3)4;;;/h1-11,13-19H;2-12,14-19H,1H3;3-7,9-16H,1-2H3;7,12H,1-6H3;2*5-7,10H,1-4H3;;;/q3*-1;;;;;;/p+3. The van der Waals surface area contributed by atoms with Gasteiger partial charge >= 0.3 is 17.3 Å². The molecule has 0 saturated heterocycles. The maximum atomic E-state index is 9.60. The molecule has 14 heteroatoms. The second kappa shape index (κ2) is 44.3. The second-order valence-corrected chi connectivity index (χ2v) is 35.5. The summed E-state index contributed by atoms with van der Waals surface area (Å²) in [6.07, 6.45) is 9.99. The average Bonchev–Trinajstić information content (AvgIpc) is 1.21. The molecule has 11 nitrogen and oxygen atoms in total. The Kier molecular flexibility index (Phi) is 34.0. The number of hydrogen-bond donors (Lipinski definition) is 3. The van der Waals surface area contributed by atoms with Gasteiger partial charge in [0.05, 0.1) is 35.5 Å². The molecule has 5 aromatic heterocycles. The number of furan rings is 1. The summed E-state index contributed by atoms with van der Waals surface area (Å²) in [6, 6.07) is 106. The normalized spacial score (nSPS) is 11.7. The Labute approximate surface area is 804 Å². The smallest absolute Gasteiger partial charge is 0.325 e. The maximum absolute atomic E-state index is 9.60. The number of aliphatic hydroxyl groups excluding tert-OH is 3. The van der Waals surface area contributed by atoms with Crippen molar-refractivity contribution in [3.8, 4) is 67.2 Å². The van der Waals surface area contributed by atoms with Crippen molar-refractivity contribution in [3.63, 3.8) is 0 Å². The molecule has 3 radical (unpaired) electrons. The van der Waals surface area contributed by atoms with Crippen LogP contribution in [0.4, 0.5) is 0 Å². The molecule has 0 unspecified atom stereocenters. The Balaban J connectivity index is 0.000000171. The van der Waals surface area contributed by atoms with E-state index in [9.17, 15) is 29.7 Å². The molecular weight excluding hydrogens is 2140 g/mol. The van der Waals surface area contributed by atoms with Gasteiger partial charge in [0.2, 0.25) is 0 Å². The van der Waals surface area contributed by atoms with E-state index in [-0.39, 0.29) is 129 Å². The van der Waals surface area contributed by atoms with Crippen LogP contribution in [0, 0.1) is 73.5 Å². The third-order valence-electron chi connectivity index (χ3n) is 22.6. The Hall–Kier alpha value is -12.3. The van der Waals surface area contributed by atoms with Crippen LogP contribution >= 0.6 is 0 Å². The topological polar surface area (TPSA) is 190 Å². The summed E-state index contributed by atoms with van der Waals surface area (Å²) in [6.45, 7) is 32.6. The number of rotatable bonds is 13. The summed E-state index contributed by atoms with van der Waals surface area (Å²) in [5, 5.41) is 47.5. The van der Waals surface area contributed by atoms with Crippen LogP contribution in [0.2, 0.25) is 0 Å². The minimum absolute atomic E-state index is 0. The number of aromatic nitrogens is 4. The van der Waals surface area contributed by atoms with Crippen LogP contribution in [-0.2, 0) is 60.3 Å². The summed E-state index contributed by atoms with van der Waals surface area (Å²) >= 11 is 0. The third-order valence-corrected chi connectivity index (χ3v) is 22.6. The number of pyridine rings is 4. The SMILES string of the molecule is CC(C)(C)C(=[OH+])C=C(O)C(C)(C)C.CC(C)C(=[OH+])C=C(O)C(C)C.CC(C)C(=[OH+])C=C(O)C(C)C.Cc1cc(-c2nccc3c2ccc2ccccc23)[c-]cc1-c1ccc2ccccc2c1.Cc1ccc(-c2cc[c-]c(-c3nccc4c3ccc3ccccc34)c2)c(C)n1.[Ir].[Ir].[Ir].[c-]1cc(-c2ccc3c(c2)oc2ccccc23)ccc1-c1nccc2c1ccc1ccccc12. The van der Waals surface area contributed by atoms with Gasteiger partial charge in [0.15, 0.2) is 0 Å². The number of hydrogen-bond acceptors (Lipinski definition) is 8. The molecule has 130 heavy (non-hydrogen) atoms. The predicted molar refractivity (Wildman–Crippen MR) is 535 cm³/mol. The van der Waals surface area contributed by atoms with Crippen LogP contribution in [0.15, 0.2) is 331 Å². The molecule has 0 atom stereocenters. The molecule has 0 aliphatic heterocycles. The molecule has 0 aliphatic carbocycles. The minimum atomic E-state index is -0.306. The fourth-order valence-electron chi connectivity index (χ4n) is 14.8. The molecule has 5 heterocycles. The van der Waals surface area contributed by atoms with Crippen molar-refractivity contribution in [1.29, 1.82) is 0 Å². The van der Waals surface area contributed by atoms with Crippen molar-refractivity contribution in [2.75, 3.05) is 0 Å². The number of para-hydroxylation sites is 1. The summed E-state index contributed by atoms with van der Waals surface area (Å²) in [5.41, 5.74) is 17.3. The zero-order valence-electron chi connectivity index (χ0n) is 76.6. The van der Waals surface area contributed by atoms with E-state index in [1.807, 2.05) is 153 Å². The molecule has 0 spiro atoms. The first kappa shape index (κ1) is 99.8. The van der Waals surface area contributed by atoms with Crippen molar-refractivity contribution in [2.24, 2.45) is 34.5 Å². The van der Waals surface area contributed by atoms with Gasteiger partial charge in [-0.05, 0) is 169 Å². The first-order valence-corrected chi connectivity index (χ1v) is 43.4. The second-order valence-electron chi connectivity index (χ2n) is 35.5. The Bertz CT molecular complexity index is 7170. The van der Waals surface area contributed by atoms with Gasteiger partial charge < -0.3 is 34.7 Å². The first-order chi connectivity index (χ1) is 60.8. The van der Waals surface area contributed by atoms with Crippen LogP contribution in [0.1, 0.15) is 114 Å². The monoisotopic (exact) mass is 2250 g/mol. The van der Waals surface area contributed by atoms with Gasteiger partial charge in [-0.2, -0.15) is 0 Å². The van der Waals surface area contributed by atoms with Gasteiger partial charge in [0.25, 0.3) is 0 Å². The molecule has 18 aromatic rings. The fraction of sp³-hybridized carbons (Fsp3) is 0.198. The molecule has 0 bridgehead atoms. The zero-order chi connectivity index (χ0) is 90.5. The number of ketones is 3. The number of allylic oxidation sites excluding steroid dienone is 6. The Morgan fingerprint density at radius 2 is 0.769 bits per heavy atom. The average molecular weight is 2250 g/mol. The Morgan fingerprint density at radius 3 is 1.24 bits per heavy atom. The van der Waals surface area contributed by atoms with Crippen molar-refractivity contribution in [1.82, 2.24) is 19.9 Å². The quantitative estimate of drug-likeness (QED) is 0.0334. The molecule has 0 fully saturated rings. The van der Waals surface area contributed by atoms with Crippen molar-refractivity contribution < 1.29 is 94.4 Å². The van der Waals surface area contributed by atoms with E-state index in [0.717, 1.165) is 106 Å². The van der Waals surface area contributed by atoms with Crippen LogP contribution < -0.4 is 0 Å². The van der Waals surface area contributed by atoms with Crippen molar-refractivity contribution >= 4 is 115 Å². The predicted octanol–water partition coefficient (Wildman–Crippen LogP) is 30.6. The molecule has 0 saturated carbocycles. The molecule has 6 N–H and O–H groups in total. The van der Waals surface area contributed by atoms with Crippen LogP contribution in [0.5, 0.6) is 0 Å². The Morgan fingerprint density at radius 1 is 0.346 bits per heavy atom. The minimum Gasteiger partial charge on any atom is -0.512 e. The summed E-state index contributed by atoms with van der Waals surface area (Å²) in [7, 11) is 0. The van der Waals surface area contributed by atoms with E-state index < -0.39 is 0 Å². The third kappa shape index (κ3) is 24.0. The molecule has 665 valence electrons. The van der Waals surface area contributed by atoms with E-state index in [1.165, 1.54) is 94.2 Å². The summed E-state index contributed by atoms with van der Waals surface area (Å²) < 4.78 is 6.07. The first-order valence-electron chi connectivity index (χ1n) is 43.4. The number of carbonyl (C=O) groups excluding carboxylic acids is 3. The van der Waals surface area contributed by atoms with E-state index in [1.54, 1.807) is 0 Å². The number of aryl methyl sites for hydroxylation is 3. The molecule has 18 rings (SSSR count). The zero-order valence-corrected chi connectivity index (χ0v) is 83.8. The van der Waals surface area contributed by atoms with E-state index in [2.05, 4.69) is 280 Å². The summed E-state index contributed by atoms with van der Waals surface area (Å²) in [4.78, 5) is 46.8. The van der Waals surface area contributed by atoms with Gasteiger partial charge in [0, 0.05) is 118 Å². The van der Waals surface area contributed by atoms with Gasteiger partial charge in [0.1, 0.15) is 28.4 Å². The molecular formula is C116H112Ir3N4O7. The number of fused-ring (bicyclic) bond motifs is 13. The van der Waals surface area contributed by atoms with Crippen LogP contribution in [0.25, 0.3) is 164 Å². The number of nitrogens with zero attached hydrogens (tertiary/aromatic N) is 4. The van der Waals surface area contributed by atoms with Crippen molar-refractivity contribution in [3.05, 3.63) is 362 Å². The number of aliphatic hydroxyl groups is 3. The van der Waals surface area contributed by atoms with Gasteiger partial charge in [-0.25, -0.2) is 0 Å². The molecule has 0 amide bonds. The maximum Gasteiger partial charge on any atom is 0.325 e. The van der Waals surface area contributed by atoms with Crippen LogP contribution in [0.3, 0.4) is 0 Å². The molecule has 13 aromatic carbocycles. The van der Waals surface area contributed by atoms with E-state index in [0.29, 0.717) is 0 Å². The van der Waals surface area contributed by atoms with Crippen molar-refractivity contribution in [2.45, 2.75) is 118 Å². The largest absolute Gasteiger partial charge is 0.512 e. The van der Waals surface area contributed by atoms with Gasteiger partial charge in [-0.1, -0.05) is 299 Å². The van der Waals surface area contributed by atoms with Gasteiger partial charge in [-0.3, -0.25) is 19.4 Å². The summed E-state index contributed by atoms with van der Waals surface area (Å²) in [5.74, 6) is 1.67. The fourth-order valence-corrected chi connectivity index (χ4v) is 14.8. The number of benzene rings is 13. The van der Waals surface area contributed by atoms with Gasteiger partial charge in [-0.15, -0.1) is 89.0 Å². The van der Waals surface area contributed by atoms with Crippen LogP contribution in [-0.4, -0.2) is 67.0 Å². The molecule has 0 aliphatic rings. The van der Waals surface area contributed by atoms with E-state index >= 15 is 0 Å². The van der Waals surface area contributed by atoms with E-state index in [4.69, 9.17) is 19.4 Å².